The molecule has 5 heteroatoms. The molecular weight excluding hydrogens is 278 g/mol. The standard InChI is InChI=1S/C17H25N3O2/c1-12(21)8-9-18-17(22)19-15-4-2-3-5-16(15)20-11-13-6-7-14(20)10-13/h2-5,12-14,21H,6-11H2,1H3,(H2,18,19,22). The number of aliphatic hydroxyl groups excluding tert-OH is 1. The van der Waals surface area contributed by atoms with Crippen LogP contribution in [0.2, 0.25) is 0 Å². The summed E-state index contributed by atoms with van der Waals surface area (Å²) in [5.74, 6) is 0.818. The summed E-state index contributed by atoms with van der Waals surface area (Å²) in [4.78, 5) is 14.4. The molecule has 1 aliphatic heterocycles. The van der Waals surface area contributed by atoms with Gasteiger partial charge in [-0.3, -0.25) is 0 Å². The Morgan fingerprint density at radius 3 is 2.91 bits per heavy atom. The van der Waals surface area contributed by atoms with Gasteiger partial charge in [0.2, 0.25) is 0 Å². The third-order valence-electron chi connectivity index (χ3n) is 4.72. The molecule has 1 aliphatic carbocycles. The molecule has 5 nitrogen and oxygen atoms in total. The van der Waals surface area contributed by atoms with Gasteiger partial charge >= 0.3 is 6.03 Å². The summed E-state index contributed by atoms with van der Waals surface area (Å²) in [7, 11) is 0. The van der Waals surface area contributed by atoms with Crippen LogP contribution in [0, 0.1) is 5.92 Å². The topological polar surface area (TPSA) is 64.6 Å². The van der Waals surface area contributed by atoms with Gasteiger partial charge in [0.25, 0.3) is 0 Å². The zero-order chi connectivity index (χ0) is 15.5. The Bertz CT molecular complexity index is 532. The Labute approximate surface area is 131 Å². The van der Waals surface area contributed by atoms with Crippen molar-refractivity contribution in [2.24, 2.45) is 5.92 Å². The van der Waals surface area contributed by atoms with E-state index < -0.39 is 6.10 Å². The second kappa shape index (κ2) is 6.57. The number of carbonyl (C=O) groups excluding carboxylic acids is 1. The van der Waals surface area contributed by atoms with Crippen LogP contribution in [0.3, 0.4) is 0 Å². The van der Waals surface area contributed by atoms with Gasteiger partial charge in [-0.05, 0) is 50.7 Å². The number of rotatable bonds is 5. The first-order chi connectivity index (χ1) is 10.6. The molecule has 2 fully saturated rings. The molecule has 1 saturated carbocycles. The lowest BCUT2D eigenvalue weighted by Gasteiger charge is -2.31. The third-order valence-corrected chi connectivity index (χ3v) is 4.72. The van der Waals surface area contributed by atoms with Crippen LogP contribution in [0.25, 0.3) is 0 Å². The Morgan fingerprint density at radius 1 is 1.41 bits per heavy atom. The number of fused-ring (bicyclic) bond motifs is 2. The number of anilines is 2. The van der Waals surface area contributed by atoms with Crippen molar-refractivity contribution in [2.75, 3.05) is 23.3 Å². The highest BCUT2D eigenvalue weighted by Crippen LogP contribution is 2.42. The van der Waals surface area contributed by atoms with Crippen LogP contribution in [-0.4, -0.2) is 36.4 Å². The predicted octanol–water partition coefficient (Wildman–Crippen LogP) is 2.57. The first kappa shape index (κ1) is 15.2. The lowest BCUT2D eigenvalue weighted by molar-refractivity contribution is 0.184. The van der Waals surface area contributed by atoms with Crippen LogP contribution in [0.4, 0.5) is 16.2 Å². The smallest absolute Gasteiger partial charge is 0.319 e. The van der Waals surface area contributed by atoms with Gasteiger partial charge in [-0.1, -0.05) is 12.1 Å². The van der Waals surface area contributed by atoms with Crippen molar-refractivity contribution in [1.82, 2.24) is 5.32 Å². The lowest BCUT2D eigenvalue weighted by Crippen LogP contribution is -2.34. The quantitative estimate of drug-likeness (QED) is 0.783. The Balaban J connectivity index is 1.63. The minimum atomic E-state index is -0.396. The molecule has 0 spiro atoms. The van der Waals surface area contributed by atoms with Crippen LogP contribution < -0.4 is 15.5 Å². The van der Waals surface area contributed by atoms with Crippen molar-refractivity contribution < 1.29 is 9.90 Å². The van der Waals surface area contributed by atoms with Gasteiger partial charge in [0.05, 0.1) is 17.5 Å². The average molecular weight is 303 g/mol. The van der Waals surface area contributed by atoms with Crippen LogP contribution in [-0.2, 0) is 0 Å². The highest BCUT2D eigenvalue weighted by atomic mass is 16.3. The molecule has 1 aromatic rings. The molecule has 1 heterocycles. The number of urea groups is 1. The predicted molar refractivity (Wildman–Crippen MR) is 88.2 cm³/mol. The first-order valence-corrected chi connectivity index (χ1v) is 8.22. The Kier molecular flexibility index (Phi) is 4.52. The molecule has 0 aromatic heterocycles. The maximum absolute atomic E-state index is 12.0. The van der Waals surface area contributed by atoms with Crippen molar-refractivity contribution >= 4 is 17.4 Å². The van der Waals surface area contributed by atoms with Crippen molar-refractivity contribution in [1.29, 1.82) is 0 Å². The minimum absolute atomic E-state index is 0.211. The molecule has 2 amide bonds. The molecule has 1 aromatic carbocycles. The van der Waals surface area contributed by atoms with Crippen molar-refractivity contribution in [3.8, 4) is 0 Å². The molecule has 120 valence electrons. The summed E-state index contributed by atoms with van der Waals surface area (Å²) in [6.07, 6.45) is 4.06. The molecule has 3 rings (SSSR count). The fraction of sp³-hybridized carbons (Fsp3) is 0.588. The maximum Gasteiger partial charge on any atom is 0.319 e. The highest BCUT2D eigenvalue weighted by molar-refractivity contribution is 5.93. The van der Waals surface area contributed by atoms with E-state index in [4.69, 9.17) is 0 Å². The number of amides is 2. The fourth-order valence-electron chi connectivity index (χ4n) is 3.61. The number of benzene rings is 1. The van der Waals surface area contributed by atoms with Gasteiger partial charge in [-0.15, -0.1) is 0 Å². The number of hydrogen-bond donors (Lipinski definition) is 3. The molecule has 2 aliphatic rings. The van der Waals surface area contributed by atoms with E-state index in [2.05, 4.69) is 21.6 Å². The van der Waals surface area contributed by atoms with Crippen LogP contribution >= 0.6 is 0 Å². The Hall–Kier alpha value is -1.75. The summed E-state index contributed by atoms with van der Waals surface area (Å²) < 4.78 is 0. The fourth-order valence-corrected chi connectivity index (χ4v) is 3.61. The van der Waals surface area contributed by atoms with Crippen LogP contribution in [0.1, 0.15) is 32.6 Å². The van der Waals surface area contributed by atoms with Crippen molar-refractivity contribution in [3.63, 3.8) is 0 Å². The number of para-hydroxylation sites is 2. The average Bonchev–Trinajstić information content (AvgIpc) is 3.10. The number of hydrogen-bond acceptors (Lipinski definition) is 3. The van der Waals surface area contributed by atoms with E-state index >= 15 is 0 Å². The molecule has 3 atom stereocenters. The van der Waals surface area contributed by atoms with Crippen LogP contribution in [0.5, 0.6) is 0 Å². The van der Waals surface area contributed by atoms with E-state index in [1.807, 2.05) is 18.2 Å². The van der Waals surface area contributed by atoms with E-state index in [-0.39, 0.29) is 6.03 Å². The number of carbonyl (C=O) groups is 1. The Morgan fingerprint density at radius 2 is 2.23 bits per heavy atom. The summed E-state index contributed by atoms with van der Waals surface area (Å²) in [6.45, 7) is 3.30. The number of piperidine rings is 1. The zero-order valence-electron chi connectivity index (χ0n) is 13.1. The van der Waals surface area contributed by atoms with Gasteiger partial charge in [-0.25, -0.2) is 4.79 Å². The first-order valence-electron chi connectivity index (χ1n) is 8.22. The molecule has 3 unspecified atom stereocenters. The molecule has 1 saturated heterocycles. The SMILES string of the molecule is CC(O)CCNC(=O)Nc1ccccc1N1CC2CCC1C2. The normalized spacial score (nSPS) is 24.4. The largest absolute Gasteiger partial charge is 0.393 e. The maximum atomic E-state index is 12.0. The summed E-state index contributed by atoms with van der Waals surface area (Å²) in [5.41, 5.74) is 1.99. The summed E-state index contributed by atoms with van der Waals surface area (Å²) in [6, 6.07) is 8.44. The second-order valence-corrected chi connectivity index (χ2v) is 6.52. The highest BCUT2D eigenvalue weighted by Gasteiger charge is 2.38. The van der Waals surface area contributed by atoms with E-state index in [1.165, 1.54) is 19.3 Å². The molecule has 2 bridgehead atoms. The van der Waals surface area contributed by atoms with Crippen LogP contribution in [0.15, 0.2) is 24.3 Å². The third kappa shape index (κ3) is 3.35. The summed E-state index contributed by atoms with van der Waals surface area (Å²) >= 11 is 0. The lowest BCUT2D eigenvalue weighted by atomic mass is 10.1. The van der Waals surface area contributed by atoms with E-state index in [1.54, 1.807) is 6.92 Å². The number of nitrogens with one attached hydrogen (secondary N) is 2. The molecule has 22 heavy (non-hydrogen) atoms. The van der Waals surface area contributed by atoms with E-state index in [0.717, 1.165) is 23.8 Å². The monoisotopic (exact) mass is 303 g/mol. The van der Waals surface area contributed by atoms with Gasteiger partial charge in [-0.2, -0.15) is 0 Å². The number of aliphatic hydroxyl groups is 1. The number of nitrogens with zero attached hydrogens (tertiary/aromatic N) is 1. The molecule has 3 N–H and O–H groups in total. The molecule has 0 radical (unpaired) electrons. The molecular formula is C17H25N3O2. The van der Waals surface area contributed by atoms with Gasteiger partial charge in [0.1, 0.15) is 0 Å². The second-order valence-electron chi connectivity index (χ2n) is 6.52. The van der Waals surface area contributed by atoms with E-state index in [0.29, 0.717) is 19.0 Å². The van der Waals surface area contributed by atoms with Gasteiger partial charge in [0, 0.05) is 19.1 Å². The van der Waals surface area contributed by atoms with Crippen molar-refractivity contribution in [3.05, 3.63) is 24.3 Å². The van der Waals surface area contributed by atoms with Gasteiger partial charge in [0.15, 0.2) is 0 Å². The zero-order valence-corrected chi connectivity index (χ0v) is 13.1. The van der Waals surface area contributed by atoms with Gasteiger partial charge < -0.3 is 20.6 Å². The van der Waals surface area contributed by atoms with E-state index in [9.17, 15) is 9.90 Å². The summed E-state index contributed by atoms with van der Waals surface area (Å²) in [5, 5.41) is 15.0. The minimum Gasteiger partial charge on any atom is -0.393 e. The van der Waals surface area contributed by atoms with Crippen molar-refractivity contribution in [2.45, 2.75) is 44.8 Å².